The molecular formula is C14H24N2. The molecule has 1 aromatic carbocycles. The first kappa shape index (κ1) is 13.2. The van der Waals surface area contributed by atoms with E-state index in [0.29, 0.717) is 6.04 Å². The highest BCUT2D eigenvalue weighted by molar-refractivity contribution is 5.15. The van der Waals surface area contributed by atoms with Crippen LogP contribution in [0.3, 0.4) is 0 Å². The van der Waals surface area contributed by atoms with Crippen molar-refractivity contribution in [3.05, 3.63) is 35.9 Å². The summed E-state index contributed by atoms with van der Waals surface area (Å²) in [6, 6.07) is 11.3. The third-order valence-corrected chi connectivity index (χ3v) is 2.74. The third kappa shape index (κ3) is 5.29. The van der Waals surface area contributed by atoms with Crippen molar-refractivity contribution in [1.82, 2.24) is 10.2 Å². The number of benzene rings is 1. The maximum absolute atomic E-state index is 3.56. The molecule has 0 heterocycles. The summed E-state index contributed by atoms with van der Waals surface area (Å²) in [4.78, 5) is 2.25. The normalized spacial score (nSPS) is 13.0. The monoisotopic (exact) mass is 220 g/mol. The second-order valence-electron chi connectivity index (χ2n) is 4.54. The Morgan fingerprint density at radius 3 is 2.44 bits per heavy atom. The minimum Gasteiger partial charge on any atom is -0.314 e. The van der Waals surface area contributed by atoms with Crippen molar-refractivity contribution < 1.29 is 0 Å². The van der Waals surface area contributed by atoms with E-state index in [9.17, 15) is 0 Å². The molecule has 16 heavy (non-hydrogen) atoms. The molecule has 0 aromatic heterocycles. The van der Waals surface area contributed by atoms with Crippen LogP contribution in [0, 0.1) is 0 Å². The van der Waals surface area contributed by atoms with E-state index < -0.39 is 0 Å². The average molecular weight is 220 g/mol. The second-order valence-corrected chi connectivity index (χ2v) is 4.54. The Hall–Kier alpha value is -0.860. The predicted molar refractivity (Wildman–Crippen MR) is 70.8 cm³/mol. The van der Waals surface area contributed by atoms with E-state index in [1.807, 2.05) is 0 Å². The van der Waals surface area contributed by atoms with Gasteiger partial charge in [0.15, 0.2) is 0 Å². The summed E-state index contributed by atoms with van der Waals surface area (Å²) in [5.41, 5.74) is 1.42. The van der Waals surface area contributed by atoms with Crippen LogP contribution in [-0.2, 0) is 6.42 Å². The summed E-state index contributed by atoms with van der Waals surface area (Å²) in [5, 5.41) is 3.56. The molecular weight excluding hydrogens is 196 g/mol. The molecule has 1 rings (SSSR count). The Balaban J connectivity index is 2.44. The molecule has 2 heteroatoms. The maximum Gasteiger partial charge on any atom is 0.0119 e. The van der Waals surface area contributed by atoms with Gasteiger partial charge in [-0.2, -0.15) is 0 Å². The van der Waals surface area contributed by atoms with Gasteiger partial charge in [-0.3, -0.25) is 0 Å². The van der Waals surface area contributed by atoms with E-state index in [1.54, 1.807) is 0 Å². The summed E-state index contributed by atoms with van der Waals surface area (Å²) in [6.07, 6.45) is 2.33. The van der Waals surface area contributed by atoms with Crippen molar-refractivity contribution in [3.63, 3.8) is 0 Å². The fourth-order valence-corrected chi connectivity index (χ4v) is 1.88. The highest BCUT2D eigenvalue weighted by Gasteiger charge is 2.08. The highest BCUT2D eigenvalue weighted by atomic mass is 15.1. The number of hydrogen-bond donors (Lipinski definition) is 1. The van der Waals surface area contributed by atoms with Crippen LogP contribution >= 0.6 is 0 Å². The molecule has 0 aliphatic rings. The fourth-order valence-electron chi connectivity index (χ4n) is 1.88. The van der Waals surface area contributed by atoms with E-state index >= 15 is 0 Å². The molecule has 1 unspecified atom stereocenters. The lowest BCUT2D eigenvalue weighted by molar-refractivity contribution is 0.358. The molecule has 0 amide bonds. The summed E-state index contributed by atoms with van der Waals surface area (Å²) < 4.78 is 0. The maximum atomic E-state index is 3.56. The number of likely N-dealkylation sites (N-methyl/N-ethyl adjacent to an activating group) is 1. The molecule has 0 saturated carbocycles. The smallest absolute Gasteiger partial charge is 0.0119 e. The largest absolute Gasteiger partial charge is 0.314 e. The molecule has 0 spiro atoms. The van der Waals surface area contributed by atoms with Gasteiger partial charge < -0.3 is 10.2 Å². The van der Waals surface area contributed by atoms with Crippen LogP contribution in [0.15, 0.2) is 30.3 Å². The van der Waals surface area contributed by atoms with Gasteiger partial charge in [0, 0.05) is 6.04 Å². The van der Waals surface area contributed by atoms with E-state index in [1.165, 1.54) is 12.0 Å². The zero-order valence-corrected chi connectivity index (χ0v) is 10.7. The Morgan fingerprint density at radius 2 is 1.88 bits per heavy atom. The van der Waals surface area contributed by atoms with Gasteiger partial charge in [0.2, 0.25) is 0 Å². The zero-order chi connectivity index (χ0) is 11.8. The van der Waals surface area contributed by atoms with Crippen molar-refractivity contribution >= 4 is 0 Å². The van der Waals surface area contributed by atoms with Crippen LogP contribution in [0.1, 0.15) is 18.9 Å². The van der Waals surface area contributed by atoms with Crippen LogP contribution < -0.4 is 5.32 Å². The van der Waals surface area contributed by atoms with Gasteiger partial charge in [-0.15, -0.1) is 0 Å². The van der Waals surface area contributed by atoms with Gasteiger partial charge in [0.25, 0.3) is 0 Å². The molecule has 0 aliphatic carbocycles. The second kappa shape index (κ2) is 7.42. The Morgan fingerprint density at radius 1 is 1.19 bits per heavy atom. The summed E-state index contributed by atoms with van der Waals surface area (Å²) in [7, 11) is 4.26. The zero-order valence-electron chi connectivity index (χ0n) is 10.7. The first-order chi connectivity index (χ1) is 7.72. The molecule has 1 N–H and O–H groups in total. The van der Waals surface area contributed by atoms with Crippen LogP contribution in [0.2, 0.25) is 0 Å². The number of nitrogens with one attached hydrogen (secondary N) is 1. The molecule has 1 aromatic rings. The predicted octanol–water partition coefficient (Wildman–Crippen LogP) is 2.16. The van der Waals surface area contributed by atoms with Crippen LogP contribution in [0.4, 0.5) is 0 Å². The lowest BCUT2D eigenvalue weighted by atomic mass is 10.0. The van der Waals surface area contributed by atoms with Crippen LogP contribution in [0.25, 0.3) is 0 Å². The topological polar surface area (TPSA) is 15.3 Å². The van der Waals surface area contributed by atoms with E-state index in [0.717, 1.165) is 19.5 Å². The minimum absolute atomic E-state index is 0.592. The van der Waals surface area contributed by atoms with Gasteiger partial charge in [-0.25, -0.2) is 0 Å². The van der Waals surface area contributed by atoms with Gasteiger partial charge in [-0.1, -0.05) is 37.3 Å². The average Bonchev–Trinajstić information content (AvgIpc) is 2.27. The lowest BCUT2D eigenvalue weighted by Crippen LogP contribution is -2.34. The van der Waals surface area contributed by atoms with Crippen molar-refractivity contribution in [2.45, 2.75) is 25.8 Å². The fraction of sp³-hybridized carbons (Fsp3) is 0.571. The molecule has 0 aliphatic heterocycles. The highest BCUT2D eigenvalue weighted by Crippen LogP contribution is 2.06. The first-order valence-corrected chi connectivity index (χ1v) is 6.14. The summed E-state index contributed by atoms with van der Waals surface area (Å²) >= 11 is 0. The van der Waals surface area contributed by atoms with Crippen molar-refractivity contribution in [1.29, 1.82) is 0 Å². The molecule has 0 saturated heterocycles. The van der Waals surface area contributed by atoms with Crippen molar-refractivity contribution in [2.24, 2.45) is 0 Å². The Kier molecular flexibility index (Phi) is 6.12. The number of rotatable bonds is 7. The number of nitrogens with zero attached hydrogens (tertiary/aromatic N) is 1. The Bertz CT molecular complexity index is 269. The molecule has 90 valence electrons. The van der Waals surface area contributed by atoms with Crippen LogP contribution in [0.5, 0.6) is 0 Å². The molecule has 2 nitrogen and oxygen atoms in total. The molecule has 1 atom stereocenters. The number of hydrogen-bond acceptors (Lipinski definition) is 2. The molecule has 0 radical (unpaired) electrons. The summed E-state index contributed by atoms with van der Waals surface area (Å²) in [6.45, 7) is 4.36. The van der Waals surface area contributed by atoms with E-state index in [2.05, 4.69) is 61.6 Å². The summed E-state index contributed by atoms with van der Waals surface area (Å²) in [5.74, 6) is 0. The van der Waals surface area contributed by atoms with Crippen molar-refractivity contribution in [2.75, 3.05) is 27.2 Å². The molecule has 0 bridgehead atoms. The van der Waals surface area contributed by atoms with Gasteiger partial charge >= 0.3 is 0 Å². The third-order valence-electron chi connectivity index (χ3n) is 2.74. The Labute approximate surface area is 99.7 Å². The van der Waals surface area contributed by atoms with Gasteiger partial charge in [0.05, 0.1) is 0 Å². The first-order valence-electron chi connectivity index (χ1n) is 6.14. The quantitative estimate of drug-likeness (QED) is 0.757. The standard InChI is InChI=1S/C14H24N2/c1-4-15-14(10-11-16(2)3)12-13-8-6-5-7-9-13/h5-9,14-15H,4,10-12H2,1-3H3. The SMILES string of the molecule is CCNC(CCN(C)C)Cc1ccccc1. The lowest BCUT2D eigenvalue weighted by Gasteiger charge is -2.20. The van der Waals surface area contributed by atoms with Gasteiger partial charge in [0.1, 0.15) is 0 Å². The van der Waals surface area contributed by atoms with E-state index in [-0.39, 0.29) is 0 Å². The minimum atomic E-state index is 0.592. The molecule has 0 fully saturated rings. The van der Waals surface area contributed by atoms with E-state index in [4.69, 9.17) is 0 Å². The van der Waals surface area contributed by atoms with Crippen molar-refractivity contribution in [3.8, 4) is 0 Å². The van der Waals surface area contributed by atoms with Crippen LogP contribution in [-0.4, -0.2) is 38.1 Å². The van der Waals surface area contributed by atoms with Gasteiger partial charge in [-0.05, 0) is 45.6 Å².